The number of carboxylic acid groups (broad SMARTS) is 1. The molecule has 0 spiro atoms. The minimum absolute atomic E-state index is 0.0198. The number of likely N-dealkylation sites (N-methyl/N-ethyl adjacent to an activating group) is 1. The molecule has 2 aliphatic heterocycles. The van der Waals surface area contributed by atoms with Crippen molar-refractivity contribution in [3.8, 4) is 0 Å². The lowest BCUT2D eigenvalue weighted by molar-refractivity contribution is -0.175. The van der Waals surface area contributed by atoms with Gasteiger partial charge in [-0.25, -0.2) is 4.79 Å². The number of rotatable bonds is 3. The molecule has 5 nitrogen and oxygen atoms in total. The lowest BCUT2D eigenvalue weighted by Crippen LogP contribution is -2.46. The molecule has 0 aromatic rings. The highest BCUT2D eigenvalue weighted by molar-refractivity contribution is 5.76. The van der Waals surface area contributed by atoms with Crippen LogP contribution in [0.15, 0.2) is 0 Å². The van der Waals surface area contributed by atoms with E-state index in [1.807, 2.05) is 0 Å². The highest BCUT2D eigenvalue weighted by atomic mass is 16.6. The van der Waals surface area contributed by atoms with Gasteiger partial charge in [0.05, 0.1) is 18.8 Å². The SMILES string of the molecule is CN1CC(C[C@@H]2CO2)OC1(C)C(=O)O. The molecule has 1 N–H and O–H groups in total. The van der Waals surface area contributed by atoms with E-state index in [1.54, 1.807) is 18.9 Å². The van der Waals surface area contributed by atoms with Crippen molar-refractivity contribution in [1.29, 1.82) is 0 Å². The average molecular weight is 201 g/mol. The molecule has 14 heavy (non-hydrogen) atoms. The monoisotopic (exact) mass is 201 g/mol. The predicted molar refractivity (Wildman–Crippen MR) is 47.9 cm³/mol. The second kappa shape index (κ2) is 3.18. The number of carbonyl (C=O) groups is 1. The summed E-state index contributed by atoms with van der Waals surface area (Å²) < 4.78 is 10.6. The number of carboxylic acids is 1. The normalized spacial score (nSPS) is 42.7. The van der Waals surface area contributed by atoms with Crippen LogP contribution in [-0.2, 0) is 14.3 Å². The van der Waals surface area contributed by atoms with Crippen LogP contribution in [0.4, 0.5) is 0 Å². The van der Waals surface area contributed by atoms with Crippen LogP contribution in [0, 0.1) is 0 Å². The minimum atomic E-state index is -1.17. The van der Waals surface area contributed by atoms with Gasteiger partial charge >= 0.3 is 5.97 Å². The molecule has 3 atom stereocenters. The summed E-state index contributed by atoms with van der Waals surface area (Å²) >= 11 is 0. The first-order chi connectivity index (χ1) is 6.52. The zero-order valence-corrected chi connectivity index (χ0v) is 8.40. The summed E-state index contributed by atoms with van der Waals surface area (Å²) in [4.78, 5) is 12.7. The summed E-state index contributed by atoms with van der Waals surface area (Å²) in [6, 6.07) is 0. The van der Waals surface area contributed by atoms with Gasteiger partial charge in [0.15, 0.2) is 0 Å². The largest absolute Gasteiger partial charge is 0.478 e. The maximum atomic E-state index is 11.0. The summed E-state index contributed by atoms with van der Waals surface area (Å²) in [5.74, 6) is -0.931. The van der Waals surface area contributed by atoms with E-state index in [0.717, 1.165) is 13.0 Å². The summed E-state index contributed by atoms with van der Waals surface area (Å²) in [6.45, 7) is 3.03. The van der Waals surface area contributed by atoms with E-state index in [-0.39, 0.29) is 12.2 Å². The van der Waals surface area contributed by atoms with Crippen molar-refractivity contribution in [1.82, 2.24) is 4.90 Å². The van der Waals surface area contributed by atoms with E-state index in [0.29, 0.717) is 6.54 Å². The fourth-order valence-corrected chi connectivity index (χ4v) is 1.77. The second-order valence-electron chi connectivity index (χ2n) is 4.10. The Kier molecular flexibility index (Phi) is 2.25. The number of hydrogen-bond donors (Lipinski definition) is 1. The van der Waals surface area contributed by atoms with Gasteiger partial charge in [0, 0.05) is 13.0 Å². The second-order valence-corrected chi connectivity index (χ2v) is 4.10. The molecule has 2 unspecified atom stereocenters. The van der Waals surface area contributed by atoms with Gasteiger partial charge in [-0.3, -0.25) is 4.90 Å². The number of nitrogens with zero attached hydrogens (tertiary/aromatic N) is 1. The Morgan fingerprint density at radius 3 is 2.71 bits per heavy atom. The minimum Gasteiger partial charge on any atom is -0.478 e. The van der Waals surface area contributed by atoms with Crippen molar-refractivity contribution < 1.29 is 19.4 Å². The van der Waals surface area contributed by atoms with E-state index < -0.39 is 11.7 Å². The van der Waals surface area contributed by atoms with E-state index in [9.17, 15) is 4.79 Å². The van der Waals surface area contributed by atoms with Gasteiger partial charge in [0.1, 0.15) is 0 Å². The van der Waals surface area contributed by atoms with Gasteiger partial charge < -0.3 is 14.6 Å². The van der Waals surface area contributed by atoms with Crippen LogP contribution in [0.5, 0.6) is 0 Å². The summed E-state index contributed by atoms with van der Waals surface area (Å²) in [7, 11) is 1.77. The maximum Gasteiger partial charge on any atom is 0.351 e. The molecule has 0 bridgehead atoms. The molecule has 0 radical (unpaired) electrons. The average Bonchev–Trinajstić information content (AvgIpc) is 2.82. The Morgan fingerprint density at radius 1 is 1.64 bits per heavy atom. The summed E-state index contributed by atoms with van der Waals surface area (Å²) in [5.41, 5.74) is -1.17. The van der Waals surface area contributed by atoms with Gasteiger partial charge in [-0.05, 0) is 14.0 Å². The smallest absolute Gasteiger partial charge is 0.351 e. The van der Waals surface area contributed by atoms with Crippen LogP contribution in [0.2, 0.25) is 0 Å². The lowest BCUT2D eigenvalue weighted by Gasteiger charge is -2.25. The Labute approximate surface area is 82.6 Å². The molecular formula is C9H15NO4. The molecule has 2 heterocycles. The van der Waals surface area contributed by atoms with Crippen molar-refractivity contribution in [3.05, 3.63) is 0 Å². The third kappa shape index (κ3) is 1.63. The number of ether oxygens (including phenoxy) is 2. The van der Waals surface area contributed by atoms with Gasteiger partial charge in [0.25, 0.3) is 0 Å². The molecule has 0 saturated carbocycles. The fraction of sp³-hybridized carbons (Fsp3) is 0.889. The fourth-order valence-electron chi connectivity index (χ4n) is 1.77. The molecule has 2 aliphatic rings. The molecule has 2 saturated heterocycles. The van der Waals surface area contributed by atoms with E-state index >= 15 is 0 Å². The predicted octanol–water partition coefficient (Wildman–Crippen LogP) is -0.0933. The molecular weight excluding hydrogens is 186 g/mol. The zero-order valence-electron chi connectivity index (χ0n) is 8.40. The first-order valence-electron chi connectivity index (χ1n) is 4.76. The van der Waals surface area contributed by atoms with Gasteiger partial charge in [-0.2, -0.15) is 0 Å². The van der Waals surface area contributed by atoms with Crippen LogP contribution in [0.3, 0.4) is 0 Å². The molecule has 80 valence electrons. The van der Waals surface area contributed by atoms with Crippen LogP contribution in [0.25, 0.3) is 0 Å². The standard InChI is InChI=1S/C9H15NO4/c1-9(8(11)12)10(2)4-6(14-9)3-7-5-13-7/h6-7H,3-5H2,1-2H3,(H,11,12)/t6?,7-,9?/m1/s1. The zero-order chi connectivity index (χ0) is 10.3. The molecule has 2 rings (SSSR count). The first-order valence-corrected chi connectivity index (χ1v) is 4.76. The molecule has 0 aromatic carbocycles. The molecule has 2 fully saturated rings. The van der Waals surface area contributed by atoms with Crippen molar-refractivity contribution in [3.63, 3.8) is 0 Å². The van der Waals surface area contributed by atoms with Crippen LogP contribution in [0.1, 0.15) is 13.3 Å². The topological polar surface area (TPSA) is 62.3 Å². The lowest BCUT2D eigenvalue weighted by atomic mass is 10.2. The van der Waals surface area contributed by atoms with Crippen LogP contribution < -0.4 is 0 Å². The molecule has 0 aromatic heterocycles. The Morgan fingerprint density at radius 2 is 2.29 bits per heavy atom. The van der Waals surface area contributed by atoms with Crippen LogP contribution in [-0.4, -0.2) is 54.1 Å². The molecule has 0 amide bonds. The Bertz CT molecular complexity index is 253. The highest BCUT2D eigenvalue weighted by Crippen LogP contribution is 2.30. The van der Waals surface area contributed by atoms with Gasteiger partial charge in [-0.1, -0.05) is 0 Å². The quantitative estimate of drug-likeness (QED) is 0.646. The van der Waals surface area contributed by atoms with Gasteiger partial charge in [-0.15, -0.1) is 0 Å². The van der Waals surface area contributed by atoms with Crippen molar-refractivity contribution >= 4 is 5.97 Å². The van der Waals surface area contributed by atoms with Crippen molar-refractivity contribution in [2.75, 3.05) is 20.2 Å². The highest BCUT2D eigenvalue weighted by Gasteiger charge is 2.48. The first kappa shape index (κ1) is 9.89. The Hall–Kier alpha value is -0.650. The molecule has 5 heteroatoms. The number of hydrogen-bond acceptors (Lipinski definition) is 4. The van der Waals surface area contributed by atoms with E-state index in [1.165, 1.54) is 0 Å². The number of epoxide rings is 1. The molecule has 0 aliphatic carbocycles. The van der Waals surface area contributed by atoms with Crippen molar-refractivity contribution in [2.45, 2.75) is 31.3 Å². The summed E-state index contributed by atoms with van der Waals surface area (Å²) in [5, 5.41) is 9.01. The summed E-state index contributed by atoms with van der Waals surface area (Å²) in [6.07, 6.45) is 1.06. The van der Waals surface area contributed by atoms with E-state index in [2.05, 4.69) is 0 Å². The Balaban J connectivity index is 1.97. The third-order valence-electron chi connectivity index (χ3n) is 2.93. The van der Waals surface area contributed by atoms with Gasteiger partial charge in [0.2, 0.25) is 5.72 Å². The van der Waals surface area contributed by atoms with E-state index in [4.69, 9.17) is 14.6 Å². The van der Waals surface area contributed by atoms with Crippen molar-refractivity contribution in [2.24, 2.45) is 0 Å². The maximum absolute atomic E-state index is 11.0. The number of aliphatic carboxylic acids is 1. The van der Waals surface area contributed by atoms with Crippen LogP contribution >= 0.6 is 0 Å². The third-order valence-corrected chi connectivity index (χ3v) is 2.93.